The van der Waals surface area contributed by atoms with Crippen molar-refractivity contribution in [2.45, 2.75) is 37.4 Å². The highest BCUT2D eigenvalue weighted by atomic mass is 19.1. The Balaban J connectivity index is 2.33. The van der Waals surface area contributed by atoms with Crippen LogP contribution in [0.4, 0.5) is 8.78 Å². The van der Waals surface area contributed by atoms with Crippen LogP contribution in [0.15, 0.2) is 18.2 Å². The van der Waals surface area contributed by atoms with Gasteiger partial charge in [0.2, 0.25) is 0 Å². The van der Waals surface area contributed by atoms with Crippen LogP contribution in [0.5, 0.6) is 0 Å². The number of methoxy groups -OCH3 is 1. The summed E-state index contributed by atoms with van der Waals surface area (Å²) in [5.41, 5.74) is -1.27. The van der Waals surface area contributed by atoms with E-state index in [9.17, 15) is 13.9 Å². The molecule has 0 aromatic heterocycles. The van der Waals surface area contributed by atoms with Crippen LogP contribution < -0.4 is 0 Å². The average Bonchev–Trinajstić information content (AvgIpc) is 2.32. The Hall–Kier alpha value is -1.00. The van der Waals surface area contributed by atoms with Gasteiger partial charge in [-0.25, -0.2) is 8.78 Å². The minimum Gasteiger partial charge on any atom is -0.385 e. The summed E-state index contributed by atoms with van der Waals surface area (Å²) in [6.07, 6.45) is 2.23. The molecule has 94 valence electrons. The monoisotopic (exact) mass is 242 g/mol. The first-order valence-corrected chi connectivity index (χ1v) is 5.76. The van der Waals surface area contributed by atoms with Gasteiger partial charge < -0.3 is 9.84 Å². The van der Waals surface area contributed by atoms with E-state index in [0.717, 1.165) is 31.0 Å². The Labute approximate surface area is 99.2 Å². The van der Waals surface area contributed by atoms with Crippen molar-refractivity contribution in [2.75, 3.05) is 7.11 Å². The molecule has 1 saturated carbocycles. The summed E-state index contributed by atoms with van der Waals surface area (Å²) < 4.78 is 32.0. The van der Waals surface area contributed by atoms with E-state index in [-0.39, 0.29) is 11.7 Å². The Bertz CT molecular complexity index is 408. The molecule has 4 heteroatoms. The van der Waals surface area contributed by atoms with E-state index in [1.165, 1.54) is 0 Å². The van der Waals surface area contributed by atoms with Gasteiger partial charge in [-0.1, -0.05) is 0 Å². The summed E-state index contributed by atoms with van der Waals surface area (Å²) in [4.78, 5) is 0. The van der Waals surface area contributed by atoms with E-state index in [0.29, 0.717) is 12.8 Å². The molecule has 0 aliphatic heterocycles. The maximum absolute atomic E-state index is 13.7. The lowest BCUT2D eigenvalue weighted by Gasteiger charge is -2.36. The normalized spacial score (nSPS) is 29.3. The number of aliphatic hydroxyl groups is 1. The summed E-state index contributed by atoms with van der Waals surface area (Å²) in [5.74, 6) is -1.10. The van der Waals surface area contributed by atoms with Crippen molar-refractivity contribution in [3.8, 4) is 0 Å². The second kappa shape index (κ2) is 4.70. The lowest BCUT2D eigenvalue weighted by Crippen LogP contribution is -2.36. The molecule has 2 rings (SSSR count). The van der Waals surface area contributed by atoms with Crippen LogP contribution in [0.3, 0.4) is 0 Å². The second-order valence-corrected chi connectivity index (χ2v) is 4.61. The molecule has 0 heterocycles. The van der Waals surface area contributed by atoms with Crippen LogP contribution >= 0.6 is 0 Å². The summed E-state index contributed by atoms with van der Waals surface area (Å²) in [6, 6.07) is 3.19. The molecule has 0 bridgehead atoms. The van der Waals surface area contributed by atoms with Crippen LogP contribution in [-0.2, 0) is 10.3 Å². The molecule has 1 N–H and O–H groups in total. The van der Waals surface area contributed by atoms with Crippen LogP contribution in [0, 0.1) is 11.6 Å². The molecular formula is C13H16F2O2. The highest BCUT2D eigenvalue weighted by Gasteiger charge is 2.38. The van der Waals surface area contributed by atoms with Crippen LogP contribution in [-0.4, -0.2) is 18.3 Å². The quantitative estimate of drug-likeness (QED) is 0.864. The molecule has 1 aromatic rings. The second-order valence-electron chi connectivity index (χ2n) is 4.61. The van der Waals surface area contributed by atoms with Crippen molar-refractivity contribution in [1.29, 1.82) is 0 Å². The molecule has 1 fully saturated rings. The molecule has 2 atom stereocenters. The van der Waals surface area contributed by atoms with Gasteiger partial charge in [-0.3, -0.25) is 0 Å². The van der Waals surface area contributed by atoms with E-state index < -0.39 is 17.2 Å². The Morgan fingerprint density at radius 2 is 2.18 bits per heavy atom. The van der Waals surface area contributed by atoms with Gasteiger partial charge in [-0.05, 0) is 37.5 Å². The van der Waals surface area contributed by atoms with Gasteiger partial charge in [0.05, 0.1) is 11.7 Å². The number of rotatable bonds is 2. The fourth-order valence-corrected chi connectivity index (χ4v) is 2.50. The third kappa shape index (κ3) is 2.48. The van der Waals surface area contributed by atoms with Gasteiger partial charge in [0.1, 0.15) is 11.6 Å². The predicted molar refractivity (Wildman–Crippen MR) is 59.5 cm³/mol. The summed E-state index contributed by atoms with van der Waals surface area (Å²) >= 11 is 0. The van der Waals surface area contributed by atoms with Gasteiger partial charge in [0.15, 0.2) is 0 Å². The zero-order chi connectivity index (χ0) is 12.5. The molecule has 0 spiro atoms. The Morgan fingerprint density at radius 1 is 1.41 bits per heavy atom. The topological polar surface area (TPSA) is 29.5 Å². The largest absolute Gasteiger partial charge is 0.385 e. The van der Waals surface area contributed by atoms with E-state index in [2.05, 4.69) is 0 Å². The van der Waals surface area contributed by atoms with Gasteiger partial charge in [0, 0.05) is 19.1 Å². The molecular weight excluding hydrogens is 226 g/mol. The molecule has 1 aliphatic carbocycles. The molecule has 2 nitrogen and oxygen atoms in total. The fraction of sp³-hybridized carbons (Fsp3) is 0.538. The maximum atomic E-state index is 13.7. The van der Waals surface area contributed by atoms with Crippen molar-refractivity contribution in [2.24, 2.45) is 0 Å². The Kier molecular flexibility index (Phi) is 3.45. The first-order valence-electron chi connectivity index (χ1n) is 5.76. The van der Waals surface area contributed by atoms with Gasteiger partial charge >= 0.3 is 0 Å². The lowest BCUT2D eigenvalue weighted by molar-refractivity contribution is -0.0651. The van der Waals surface area contributed by atoms with Crippen LogP contribution in [0.1, 0.15) is 31.2 Å². The molecule has 0 amide bonds. The highest BCUT2D eigenvalue weighted by Crippen LogP contribution is 2.39. The number of hydrogen-bond acceptors (Lipinski definition) is 2. The zero-order valence-corrected chi connectivity index (χ0v) is 9.75. The minimum absolute atomic E-state index is 0.0410. The summed E-state index contributed by atoms with van der Waals surface area (Å²) in [5, 5.41) is 10.5. The maximum Gasteiger partial charge on any atom is 0.129 e. The number of hydrogen-bond donors (Lipinski definition) is 1. The number of benzene rings is 1. The predicted octanol–water partition coefficient (Wildman–Crippen LogP) is 2.74. The Morgan fingerprint density at radius 3 is 2.88 bits per heavy atom. The van der Waals surface area contributed by atoms with Crippen LogP contribution in [0.2, 0.25) is 0 Å². The first-order chi connectivity index (χ1) is 8.05. The average molecular weight is 242 g/mol. The van der Waals surface area contributed by atoms with Crippen molar-refractivity contribution < 1.29 is 18.6 Å². The van der Waals surface area contributed by atoms with E-state index >= 15 is 0 Å². The molecule has 0 saturated heterocycles. The van der Waals surface area contributed by atoms with Gasteiger partial charge in [0.25, 0.3) is 0 Å². The van der Waals surface area contributed by atoms with Gasteiger partial charge in [-0.15, -0.1) is 0 Å². The molecule has 1 aliphatic rings. The smallest absolute Gasteiger partial charge is 0.129 e. The lowest BCUT2D eigenvalue weighted by atomic mass is 9.78. The van der Waals surface area contributed by atoms with Gasteiger partial charge in [-0.2, -0.15) is 0 Å². The number of ether oxygens (including phenoxy) is 1. The first kappa shape index (κ1) is 12.5. The van der Waals surface area contributed by atoms with Crippen molar-refractivity contribution in [3.05, 3.63) is 35.4 Å². The van der Waals surface area contributed by atoms with E-state index in [1.807, 2.05) is 0 Å². The standard InChI is InChI=1S/C13H16F2O2/c1-17-10-3-2-6-13(16,8-10)11-7-9(14)4-5-12(11)15/h4-5,7,10,16H,2-3,6,8H2,1H3. The minimum atomic E-state index is -1.31. The van der Waals surface area contributed by atoms with E-state index in [4.69, 9.17) is 4.74 Å². The van der Waals surface area contributed by atoms with Crippen molar-refractivity contribution in [3.63, 3.8) is 0 Å². The molecule has 0 radical (unpaired) electrons. The highest BCUT2D eigenvalue weighted by molar-refractivity contribution is 5.26. The summed E-state index contributed by atoms with van der Waals surface area (Å²) in [6.45, 7) is 0. The third-order valence-corrected chi connectivity index (χ3v) is 3.44. The van der Waals surface area contributed by atoms with Crippen molar-refractivity contribution in [1.82, 2.24) is 0 Å². The third-order valence-electron chi connectivity index (χ3n) is 3.44. The van der Waals surface area contributed by atoms with Crippen molar-refractivity contribution >= 4 is 0 Å². The molecule has 17 heavy (non-hydrogen) atoms. The molecule has 2 unspecified atom stereocenters. The number of halogens is 2. The zero-order valence-electron chi connectivity index (χ0n) is 9.75. The summed E-state index contributed by atoms with van der Waals surface area (Å²) in [7, 11) is 1.57. The fourth-order valence-electron chi connectivity index (χ4n) is 2.50. The van der Waals surface area contributed by atoms with E-state index in [1.54, 1.807) is 7.11 Å². The van der Waals surface area contributed by atoms with Crippen LogP contribution in [0.25, 0.3) is 0 Å². The SMILES string of the molecule is COC1CCCC(O)(c2cc(F)ccc2F)C1. The molecule has 1 aromatic carbocycles.